The zero-order chi connectivity index (χ0) is 6.99. The molecule has 0 aliphatic carbocycles. The summed E-state index contributed by atoms with van der Waals surface area (Å²) in [6.45, 7) is -0.153. The van der Waals surface area contributed by atoms with E-state index < -0.39 is 5.09 Å². The second-order valence-corrected chi connectivity index (χ2v) is 0.600. The highest BCUT2D eigenvalue weighted by atomic mass is 16.9. The predicted molar refractivity (Wildman–Crippen MR) is 24.7 cm³/mol. The van der Waals surface area contributed by atoms with E-state index >= 15 is 0 Å². The fourth-order valence-corrected chi connectivity index (χ4v) is 0. The van der Waals surface area contributed by atoms with Crippen molar-refractivity contribution >= 4 is 0 Å². The van der Waals surface area contributed by atoms with Crippen molar-refractivity contribution in [2.45, 2.75) is 0 Å². The number of aliphatic hydroxyl groups excluding tert-OH is 1. The monoisotopic (exact) mass is 119 g/mol. The largest absolute Gasteiger partial charge is 0.384 e. The molecule has 0 amide bonds. The lowest BCUT2D eigenvalue weighted by Crippen LogP contribution is -1.81. The number of hydrogen-bond donors (Lipinski definition) is 2. The molecule has 0 unspecified atom stereocenters. The first-order valence-corrected chi connectivity index (χ1v) is 1.52. The van der Waals surface area contributed by atoms with Gasteiger partial charge in [0.15, 0.2) is 0 Å². The average molecular weight is 119 g/mol. The molecule has 0 saturated heterocycles. The average Bonchev–Trinajstić information content (AvgIpc) is 1.65. The number of nitrogens with zero attached hydrogens (tertiary/aromatic N) is 1. The van der Waals surface area contributed by atoms with Crippen LogP contribution in [0.25, 0.3) is 0 Å². The Bertz CT molecular complexity index is 89.9. The first-order valence-electron chi connectivity index (χ1n) is 1.52. The van der Waals surface area contributed by atoms with Crippen LogP contribution >= 0.6 is 0 Å². The highest BCUT2D eigenvalue weighted by Gasteiger charge is 1.65. The third-order valence-electron chi connectivity index (χ3n) is 0.0913. The number of terminal acetylenes is 1. The van der Waals surface area contributed by atoms with Crippen LogP contribution in [-0.2, 0) is 0 Å². The van der Waals surface area contributed by atoms with E-state index in [2.05, 4.69) is 6.42 Å². The molecule has 0 fully saturated rings. The van der Waals surface area contributed by atoms with E-state index in [-0.39, 0.29) is 6.61 Å². The van der Waals surface area contributed by atoms with E-state index in [0.29, 0.717) is 0 Å². The van der Waals surface area contributed by atoms with E-state index in [9.17, 15) is 0 Å². The van der Waals surface area contributed by atoms with Crippen molar-refractivity contribution in [1.82, 2.24) is 0 Å². The smallest absolute Gasteiger partial charge is 0.291 e. The summed E-state index contributed by atoms with van der Waals surface area (Å²) in [7, 11) is 0. The van der Waals surface area contributed by atoms with Crippen LogP contribution in [-0.4, -0.2) is 22.0 Å². The fraction of sp³-hybridized carbons (Fsp3) is 0.333. The molecule has 0 aliphatic rings. The Hall–Kier alpha value is -1.28. The Labute approximate surface area is 45.7 Å². The van der Waals surface area contributed by atoms with Crippen molar-refractivity contribution in [1.29, 1.82) is 0 Å². The molecule has 0 bridgehead atoms. The first kappa shape index (κ1) is 9.87. The van der Waals surface area contributed by atoms with Gasteiger partial charge in [-0.3, -0.25) is 0 Å². The molecular formula is C3H5NO4. The molecule has 5 nitrogen and oxygen atoms in total. The van der Waals surface area contributed by atoms with Crippen LogP contribution in [0.4, 0.5) is 0 Å². The summed E-state index contributed by atoms with van der Waals surface area (Å²) < 4.78 is 0. The molecule has 0 atom stereocenters. The van der Waals surface area contributed by atoms with Crippen LogP contribution < -0.4 is 0 Å². The quantitative estimate of drug-likeness (QED) is 0.250. The van der Waals surface area contributed by atoms with E-state index in [1.54, 1.807) is 0 Å². The second-order valence-electron chi connectivity index (χ2n) is 0.600. The maximum absolute atomic E-state index is 8.36. The maximum Gasteiger partial charge on any atom is 0.291 e. The van der Waals surface area contributed by atoms with Crippen molar-refractivity contribution < 1.29 is 15.4 Å². The summed E-state index contributed by atoms with van der Waals surface area (Å²) in [4.78, 5) is 8.36. The Morgan fingerprint density at radius 1 is 1.88 bits per heavy atom. The minimum Gasteiger partial charge on any atom is -0.384 e. The van der Waals surface area contributed by atoms with Crippen LogP contribution in [0.15, 0.2) is 0 Å². The van der Waals surface area contributed by atoms with Gasteiger partial charge in [0.2, 0.25) is 0 Å². The van der Waals surface area contributed by atoms with Crippen LogP contribution in [0.2, 0.25) is 0 Å². The van der Waals surface area contributed by atoms with Crippen molar-refractivity contribution in [3.05, 3.63) is 10.1 Å². The molecule has 0 radical (unpaired) electrons. The third-order valence-corrected chi connectivity index (χ3v) is 0.0913. The standard InChI is InChI=1S/C3H4O.HNO3/c1-2-3-4;2-1(3)4/h1,4H,3H2;(H,2,3,4). The molecule has 5 heteroatoms. The predicted octanol–water partition coefficient (Wildman–Crippen LogP) is -0.736. The van der Waals surface area contributed by atoms with E-state index in [1.165, 1.54) is 0 Å². The molecule has 46 valence electrons. The van der Waals surface area contributed by atoms with Gasteiger partial charge in [0.25, 0.3) is 5.09 Å². The van der Waals surface area contributed by atoms with Gasteiger partial charge in [0.05, 0.1) is 0 Å². The first-order chi connectivity index (χ1) is 3.65. The van der Waals surface area contributed by atoms with Gasteiger partial charge in [-0.1, -0.05) is 5.92 Å². The maximum atomic E-state index is 8.36. The zero-order valence-corrected chi connectivity index (χ0v) is 3.94. The Kier molecular flexibility index (Phi) is 11.4. The lowest BCUT2D eigenvalue weighted by Gasteiger charge is -1.56. The lowest BCUT2D eigenvalue weighted by molar-refractivity contribution is -0.742. The Morgan fingerprint density at radius 3 is 2.00 bits per heavy atom. The van der Waals surface area contributed by atoms with Crippen molar-refractivity contribution in [3.8, 4) is 12.3 Å². The van der Waals surface area contributed by atoms with Crippen LogP contribution in [0.3, 0.4) is 0 Å². The summed E-state index contributed by atoms with van der Waals surface area (Å²) in [5, 5.41) is 21.3. The minimum atomic E-state index is -1.50. The van der Waals surface area contributed by atoms with Gasteiger partial charge in [0.1, 0.15) is 6.61 Å². The molecule has 0 rings (SSSR count). The second kappa shape index (κ2) is 9.21. The molecule has 0 aromatic carbocycles. The fourth-order valence-electron chi connectivity index (χ4n) is 0. The number of rotatable bonds is 0. The molecule has 2 N–H and O–H groups in total. The van der Waals surface area contributed by atoms with Gasteiger partial charge in [0, 0.05) is 0 Å². The zero-order valence-electron chi connectivity index (χ0n) is 3.94. The lowest BCUT2D eigenvalue weighted by atomic mass is 10.8. The van der Waals surface area contributed by atoms with Gasteiger partial charge in [-0.2, -0.15) is 0 Å². The molecule has 0 aromatic heterocycles. The molecule has 0 aliphatic heterocycles. The SMILES string of the molecule is C#CCO.O=[N+]([O-])O. The third kappa shape index (κ3) is 833. The molecule has 0 spiro atoms. The summed E-state index contributed by atoms with van der Waals surface area (Å²) in [6, 6.07) is 0. The molecule has 8 heavy (non-hydrogen) atoms. The van der Waals surface area contributed by atoms with Gasteiger partial charge < -0.3 is 10.3 Å². The molecule has 0 saturated carbocycles. The Morgan fingerprint density at radius 2 is 2.00 bits per heavy atom. The Balaban J connectivity index is 0. The summed E-state index contributed by atoms with van der Waals surface area (Å²) in [6.07, 6.45) is 4.53. The van der Waals surface area contributed by atoms with Gasteiger partial charge in [-0.15, -0.1) is 16.5 Å². The highest BCUT2D eigenvalue weighted by molar-refractivity contribution is 4.81. The van der Waals surface area contributed by atoms with Gasteiger partial charge in [-0.25, -0.2) is 0 Å². The summed E-state index contributed by atoms with van der Waals surface area (Å²) >= 11 is 0. The summed E-state index contributed by atoms with van der Waals surface area (Å²) in [5.41, 5.74) is 0. The molecule has 0 aromatic rings. The van der Waals surface area contributed by atoms with Gasteiger partial charge in [-0.05, 0) is 0 Å². The molecular weight excluding hydrogens is 114 g/mol. The highest BCUT2D eigenvalue weighted by Crippen LogP contribution is 1.38. The van der Waals surface area contributed by atoms with Crippen LogP contribution in [0.5, 0.6) is 0 Å². The van der Waals surface area contributed by atoms with Crippen LogP contribution in [0, 0.1) is 22.5 Å². The van der Waals surface area contributed by atoms with Crippen molar-refractivity contribution in [2.75, 3.05) is 6.61 Å². The van der Waals surface area contributed by atoms with E-state index in [4.69, 9.17) is 20.4 Å². The minimum absolute atomic E-state index is 0.153. The van der Waals surface area contributed by atoms with Gasteiger partial charge >= 0.3 is 0 Å². The van der Waals surface area contributed by atoms with E-state index in [1.807, 2.05) is 5.92 Å². The van der Waals surface area contributed by atoms with Crippen LogP contribution in [0.1, 0.15) is 0 Å². The normalized spacial score (nSPS) is 5.50. The topological polar surface area (TPSA) is 83.6 Å². The number of aliphatic hydroxyl groups is 1. The number of hydrogen-bond acceptors (Lipinski definition) is 3. The van der Waals surface area contributed by atoms with Crippen molar-refractivity contribution in [2.24, 2.45) is 0 Å². The van der Waals surface area contributed by atoms with Crippen molar-refractivity contribution in [3.63, 3.8) is 0 Å². The molecule has 0 heterocycles. The van der Waals surface area contributed by atoms with E-state index in [0.717, 1.165) is 0 Å². The summed E-state index contributed by atoms with van der Waals surface area (Å²) in [5.74, 6) is 1.99.